The molecule has 0 amide bonds. The summed E-state index contributed by atoms with van der Waals surface area (Å²) in [6.07, 6.45) is 0.651. The third-order valence-electron chi connectivity index (χ3n) is 2.82. The molecule has 0 aliphatic carbocycles. The molecule has 0 heterocycles. The van der Waals surface area contributed by atoms with Gasteiger partial charge in [0.15, 0.2) is 0 Å². The lowest BCUT2D eigenvalue weighted by atomic mass is 10.2. The molecule has 1 aromatic carbocycles. The monoisotopic (exact) mass is 286 g/mol. The second kappa shape index (κ2) is 6.88. The van der Waals surface area contributed by atoms with Crippen LogP contribution < -0.4 is 4.74 Å². The largest absolute Gasteiger partial charge is 0.493 e. The van der Waals surface area contributed by atoms with E-state index in [1.54, 1.807) is 7.05 Å². The van der Waals surface area contributed by atoms with E-state index in [2.05, 4.69) is 0 Å². The highest BCUT2D eigenvalue weighted by Gasteiger charge is 2.19. The molecule has 0 atom stereocenters. The van der Waals surface area contributed by atoms with Crippen LogP contribution in [0.5, 0.6) is 5.75 Å². The number of rotatable bonds is 7. The summed E-state index contributed by atoms with van der Waals surface area (Å²) >= 11 is 0. The summed E-state index contributed by atoms with van der Waals surface area (Å²) in [5, 5.41) is 0. The highest BCUT2D eigenvalue weighted by atomic mass is 32.2. The maximum atomic E-state index is 11.8. The molecule has 0 aliphatic rings. The van der Waals surface area contributed by atoms with Gasteiger partial charge in [-0.2, -0.15) is 17.0 Å². The highest BCUT2D eigenvalue weighted by molar-refractivity contribution is 7.86. The van der Waals surface area contributed by atoms with Crippen LogP contribution in [0.2, 0.25) is 0 Å². The molecule has 1 rings (SSSR count). The Morgan fingerprint density at radius 2 is 1.79 bits per heavy atom. The van der Waals surface area contributed by atoms with Crippen LogP contribution in [-0.4, -0.2) is 51.3 Å². The van der Waals surface area contributed by atoms with Crippen molar-refractivity contribution in [2.45, 2.75) is 13.3 Å². The number of hydrogen-bond acceptors (Lipinski definition) is 3. The van der Waals surface area contributed by atoms with Crippen LogP contribution >= 0.6 is 0 Å². The Morgan fingerprint density at radius 3 is 2.37 bits per heavy atom. The molecule has 0 N–H and O–H groups in total. The van der Waals surface area contributed by atoms with Gasteiger partial charge in [0.2, 0.25) is 0 Å². The average Bonchev–Trinajstić information content (AvgIpc) is 2.36. The number of hydrogen-bond donors (Lipinski definition) is 0. The molecular formula is C13H22N2O3S. The SMILES string of the molecule is Cc1ccccc1OCCCN(C)S(=O)(=O)N(C)C. The lowest BCUT2D eigenvalue weighted by Gasteiger charge is -2.21. The fraction of sp³-hybridized carbons (Fsp3) is 0.538. The number of para-hydroxylation sites is 1. The summed E-state index contributed by atoms with van der Waals surface area (Å²) in [5.74, 6) is 0.848. The zero-order valence-electron chi connectivity index (χ0n) is 12.0. The fourth-order valence-electron chi connectivity index (χ4n) is 1.58. The number of aryl methyl sites for hydroxylation is 1. The van der Waals surface area contributed by atoms with Crippen LogP contribution in [0, 0.1) is 6.92 Å². The molecule has 0 bridgehead atoms. The van der Waals surface area contributed by atoms with Crippen molar-refractivity contribution in [3.05, 3.63) is 29.8 Å². The molecule has 0 fully saturated rings. The second-order valence-electron chi connectivity index (χ2n) is 4.58. The fourth-order valence-corrected chi connectivity index (χ4v) is 2.50. The minimum Gasteiger partial charge on any atom is -0.493 e. The number of nitrogens with zero attached hydrogens (tertiary/aromatic N) is 2. The van der Waals surface area contributed by atoms with Crippen molar-refractivity contribution in [2.75, 3.05) is 34.3 Å². The molecule has 0 spiro atoms. The zero-order valence-corrected chi connectivity index (χ0v) is 12.8. The summed E-state index contributed by atoms with van der Waals surface area (Å²) in [6, 6.07) is 7.78. The van der Waals surface area contributed by atoms with Gasteiger partial charge >= 0.3 is 0 Å². The van der Waals surface area contributed by atoms with Crippen molar-refractivity contribution in [3.63, 3.8) is 0 Å². The first-order valence-electron chi connectivity index (χ1n) is 6.18. The van der Waals surface area contributed by atoms with Crippen LogP contribution in [0.15, 0.2) is 24.3 Å². The molecule has 6 heteroatoms. The van der Waals surface area contributed by atoms with Gasteiger partial charge in [-0.3, -0.25) is 0 Å². The Balaban J connectivity index is 2.38. The second-order valence-corrected chi connectivity index (χ2v) is 6.83. The van der Waals surface area contributed by atoms with E-state index in [-0.39, 0.29) is 0 Å². The summed E-state index contributed by atoms with van der Waals surface area (Å²) < 4.78 is 31.7. The Labute approximate surface area is 116 Å². The third kappa shape index (κ3) is 4.49. The van der Waals surface area contributed by atoms with Crippen molar-refractivity contribution in [1.82, 2.24) is 8.61 Å². The lowest BCUT2D eigenvalue weighted by molar-refractivity contribution is 0.292. The molecule has 0 aliphatic heterocycles. The van der Waals surface area contributed by atoms with Crippen molar-refractivity contribution in [3.8, 4) is 5.75 Å². The van der Waals surface area contributed by atoms with Gasteiger partial charge in [-0.25, -0.2) is 0 Å². The Bertz CT molecular complexity index is 500. The van der Waals surface area contributed by atoms with E-state index in [1.165, 1.54) is 22.7 Å². The molecule has 0 saturated heterocycles. The van der Waals surface area contributed by atoms with E-state index in [9.17, 15) is 8.42 Å². The van der Waals surface area contributed by atoms with Gasteiger partial charge in [-0.1, -0.05) is 18.2 Å². The molecule has 0 unspecified atom stereocenters. The summed E-state index contributed by atoms with van der Waals surface area (Å²) in [5.41, 5.74) is 1.08. The van der Waals surface area contributed by atoms with Crippen LogP contribution in [0.25, 0.3) is 0 Å². The van der Waals surface area contributed by atoms with Crippen LogP contribution in [-0.2, 0) is 10.2 Å². The van der Waals surface area contributed by atoms with Crippen molar-refractivity contribution in [2.24, 2.45) is 0 Å². The van der Waals surface area contributed by atoms with Gasteiger partial charge in [0, 0.05) is 27.7 Å². The molecule has 108 valence electrons. The van der Waals surface area contributed by atoms with Crippen LogP contribution in [0.1, 0.15) is 12.0 Å². The van der Waals surface area contributed by atoms with Crippen molar-refractivity contribution >= 4 is 10.2 Å². The van der Waals surface area contributed by atoms with E-state index < -0.39 is 10.2 Å². The van der Waals surface area contributed by atoms with Gasteiger partial charge in [0.05, 0.1) is 6.61 Å². The van der Waals surface area contributed by atoms with Gasteiger partial charge in [-0.15, -0.1) is 0 Å². The average molecular weight is 286 g/mol. The van der Waals surface area contributed by atoms with E-state index in [0.717, 1.165) is 11.3 Å². The smallest absolute Gasteiger partial charge is 0.281 e. The van der Waals surface area contributed by atoms with Gasteiger partial charge < -0.3 is 4.74 Å². The molecule has 19 heavy (non-hydrogen) atoms. The first-order valence-corrected chi connectivity index (χ1v) is 7.57. The molecule has 5 nitrogen and oxygen atoms in total. The standard InChI is InChI=1S/C13H22N2O3S/c1-12-8-5-6-9-13(12)18-11-7-10-15(4)19(16,17)14(2)3/h5-6,8-9H,7,10-11H2,1-4H3. The molecule has 0 radical (unpaired) electrons. The quantitative estimate of drug-likeness (QED) is 0.714. The molecular weight excluding hydrogens is 264 g/mol. The summed E-state index contributed by atoms with van der Waals surface area (Å²) in [6.45, 7) is 2.92. The lowest BCUT2D eigenvalue weighted by Crippen LogP contribution is -2.38. The van der Waals surface area contributed by atoms with Crippen molar-refractivity contribution < 1.29 is 13.2 Å². The molecule has 0 saturated carbocycles. The number of benzene rings is 1. The Kier molecular flexibility index (Phi) is 5.78. The van der Waals surface area contributed by atoms with Gasteiger partial charge in [0.25, 0.3) is 10.2 Å². The van der Waals surface area contributed by atoms with E-state index in [1.807, 2.05) is 31.2 Å². The van der Waals surface area contributed by atoms with Gasteiger partial charge in [0.1, 0.15) is 5.75 Å². The van der Waals surface area contributed by atoms with Crippen LogP contribution in [0.3, 0.4) is 0 Å². The van der Waals surface area contributed by atoms with E-state index in [0.29, 0.717) is 19.6 Å². The number of ether oxygens (including phenoxy) is 1. The minimum atomic E-state index is -3.32. The maximum Gasteiger partial charge on any atom is 0.281 e. The van der Waals surface area contributed by atoms with E-state index in [4.69, 9.17) is 4.74 Å². The molecule has 1 aromatic rings. The highest BCUT2D eigenvalue weighted by Crippen LogP contribution is 2.16. The maximum absolute atomic E-state index is 11.8. The van der Waals surface area contributed by atoms with E-state index >= 15 is 0 Å². The van der Waals surface area contributed by atoms with Crippen molar-refractivity contribution in [1.29, 1.82) is 0 Å². The first-order chi connectivity index (χ1) is 8.85. The van der Waals surface area contributed by atoms with Crippen LogP contribution in [0.4, 0.5) is 0 Å². The predicted molar refractivity (Wildman–Crippen MR) is 76.5 cm³/mol. The normalized spacial score (nSPS) is 12.1. The Hall–Kier alpha value is -1.11. The Morgan fingerprint density at radius 1 is 1.16 bits per heavy atom. The zero-order chi connectivity index (χ0) is 14.5. The summed E-state index contributed by atoms with van der Waals surface area (Å²) in [7, 11) is 1.30. The van der Waals surface area contributed by atoms with Gasteiger partial charge in [-0.05, 0) is 25.0 Å². The molecule has 0 aromatic heterocycles. The first kappa shape index (κ1) is 15.9. The topological polar surface area (TPSA) is 49.9 Å². The minimum absolute atomic E-state index is 0.437. The summed E-state index contributed by atoms with van der Waals surface area (Å²) in [4.78, 5) is 0. The predicted octanol–water partition coefficient (Wildman–Crippen LogP) is 1.50. The third-order valence-corrected chi connectivity index (χ3v) is 4.72.